The van der Waals surface area contributed by atoms with Crippen molar-refractivity contribution in [3.8, 4) is 17.0 Å². The normalized spacial score (nSPS) is 9.81. The minimum atomic E-state index is 0.525. The quantitative estimate of drug-likeness (QED) is 0.735. The Morgan fingerprint density at radius 2 is 2.00 bits per heavy atom. The average molecular weight is 213 g/mol. The molecule has 2 aromatic rings. The fourth-order valence-corrected chi connectivity index (χ4v) is 1.52. The minimum Gasteiger partial charge on any atom is -0.481 e. The summed E-state index contributed by atoms with van der Waals surface area (Å²) in [5, 5.41) is 0. The van der Waals surface area contributed by atoms with Crippen LogP contribution >= 0.6 is 0 Å². The Morgan fingerprint density at radius 1 is 1.25 bits per heavy atom. The zero-order chi connectivity index (χ0) is 11.4. The number of methoxy groups -OCH3 is 1. The van der Waals surface area contributed by atoms with Gasteiger partial charge in [-0.05, 0) is 11.6 Å². The molecule has 80 valence electrons. The third-order valence-electron chi connectivity index (χ3n) is 2.29. The van der Waals surface area contributed by atoms with Crippen molar-refractivity contribution in [1.82, 2.24) is 4.98 Å². The number of aromatic nitrogens is 1. The molecule has 1 aromatic carbocycles. The van der Waals surface area contributed by atoms with Crippen molar-refractivity contribution in [1.29, 1.82) is 0 Å². The third-order valence-corrected chi connectivity index (χ3v) is 2.29. The smallest absolute Gasteiger partial charge is 0.221 e. The Bertz CT molecular complexity index is 495. The second-order valence-corrected chi connectivity index (χ2v) is 3.31. The van der Waals surface area contributed by atoms with Gasteiger partial charge in [-0.3, -0.25) is 4.79 Å². The number of pyridine rings is 1. The zero-order valence-corrected chi connectivity index (χ0v) is 8.88. The first-order valence-corrected chi connectivity index (χ1v) is 4.90. The van der Waals surface area contributed by atoms with E-state index in [-0.39, 0.29) is 0 Å². The SMILES string of the molecule is COc1ncc(C=O)cc1-c1ccccc1. The first kappa shape index (κ1) is 10.4. The van der Waals surface area contributed by atoms with Gasteiger partial charge in [0.05, 0.1) is 7.11 Å². The van der Waals surface area contributed by atoms with E-state index >= 15 is 0 Å². The number of aldehydes is 1. The molecule has 0 radical (unpaired) electrons. The summed E-state index contributed by atoms with van der Waals surface area (Å²) in [5.41, 5.74) is 2.35. The standard InChI is InChI=1S/C13H11NO2/c1-16-13-12(7-10(9-15)8-14-13)11-5-3-2-4-6-11/h2-9H,1H3. The number of hydrogen-bond acceptors (Lipinski definition) is 3. The maximum Gasteiger partial charge on any atom is 0.221 e. The summed E-state index contributed by atoms with van der Waals surface area (Å²) in [6.45, 7) is 0. The second kappa shape index (κ2) is 4.57. The van der Waals surface area contributed by atoms with E-state index in [2.05, 4.69) is 4.98 Å². The Morgan fingerprint density at radius 3 is 2.62 bits per heavy atom. The van der Waals surface area contributed by atoms with Gasteiger partial charge in [-0.25, -0.2) is 4.98 Å². The van der Waals surface area contributed by atoms with Crippen LogP contribution in [-0.2, 0) is 0 Å². The van der Waals surface area contributed by atoms with E-state index in [4.69, 9.17) is 4.74 Å². The molecule has 0 fully saturated rings. The molecule has 0 saturated carbocycles. The van der Waals surface area contributed by atoms with Gasteiger partial charge in [0.25, 0.3) is 0 Å². The molecule has 1 heterocycles. The molecule has 0 aliphatic carbocycles. The van der Waals surface area contributed by atoms with Crippen LogP contribution in [0.4, 0.5) is 0 Å². The van der Waals surface area contributed by atoms with Crippen LogP contribution in [-0.4, -0.2) is 18.4 Å². The number of hydrogen-bond donors (Lipinski definition) is 0. The van der Waals surface area contributed by atoms with Gasteiger partial charge in [0.1, 0.15) is 0 Å². The highest BCUT2D eigenvalue weighted by molar-refractivity contribution is 5.80. The molecule has 0 atom stereocenters. The Hall–Kier alpha value is -2.16. The van der Waals surface area contributed by atoms with Crippen molar-refractivity contribution >= 4 is 6.29 Å². The van der Waals surface area contributed by atoms with E-state index < -0.39 is 0 Å². The molecule has 0 spiro atoms. The van der Waals surface area contributed by atoms with Crippen LogP contribution in [0.2, 0.25) is 0 Å². The summed E-state index contributed by atoms with van der Waals surface area (Å²) in [5.74, 6) is 0.525. The van der Waals surface area contributed by atoms with Gasteiger partial charge < -0.3 is 4.74 Å². The molecule has 3 nitrogen and oxygen atoms in total. The van der Waals surface area contributed by atoms with Crippen molar-refractivity contribution in [2.24, 2.45) is 0 Å². The molecule has 3 heteroatoms. The average Bonchev–Trinajstić information content (AvgIpc) is 2.39. The van der Waals surface area contributed by atoms with Crippen LogP contribution in [0.15, 0.2) is 42.6 Å². The van der Waals surface area contributed by atoms with E-state index in [1.807, 2.05) is 30.3 Å². The third kappa shape index (κ3) is 1.93. The number of nitrogens with zero attached hydrogens (tertiary/aromatic N) is 1. The van der Waals surface area contributed by atoms with Gasteiger partial charge in [0, 0.05) is 17.3 Å². The number of ether oxygens (including phenoxy) is 1. The van der Waals surface area contributed by atoms with E-state index in [1.165, 1.54) is 6.20 Å². The molecule has 0 unspecified atom stereocenters. The maximum absolute atomic E-state index is 10.7. The Labute approximate surface area is 93.7 Å². The lowest BCUT2D eigenvalue weighted by Crippen LogP contribution is -1.93. The van der Waals surface area contributed by atoms with E-state index in [9.17, 15) is 4.79 Å². The molecule has 1 aromatic heterocycles. The van der Waals surface area contributed by atoms with Gasteiger partial charge in [-0.2, -0.15) is 0 Å². The first-order valence-electron chi connectivity index (χ1n) is 4.90. The lowest BCUT2D eigenvalue weighted by molar-refractivity contribution is 0.112. The van der Waals surface area contributed by atoms with E-state index in [0.29, 0.717) is 11.4 Å². The molecule has 2 rings (SSSR count). The molecule has 16 heavy (non-hydrogen) atoms. The molecule has 0 amide bonds. The minimum absolute atomic E-state index is 0.525. The molecule has 0 bridgehead atoms. The first-order chi connectivity index (χ1) is 7.85. The largest absolute Gasteiger partial charge is 0.481 e. The highest BCUT2D eigenvalue weighted by Crippen LogP contribution is 2.27. The monoisotopic (exact) mass is 213 g/mol. The van der Waals surface area contributed by atoms with E-state index in [0.717, 1.165) is 17.4 Å². The van der Waals surface area contributed by atoms with Crippen LogP contribution in [0.1, 0.15) is 10.4 Å². The lowest BCUT2D eigenvalue weighted by Gasteiger charge is -2.07. The Kier molecular flexibility index (Phi) is 2.96. The number of carbonyl (C=O) groups is 1. The van der Waals surface area contributed by atoms with Crippen molar-refractivity contribution in [3.05, 3.63) is 48.2 Å². The van der Waals surface area contributed by atoms with Crippen molar-refractivity contribution in [2.75, 3.05) is 7.11 Å². The van der Waals surface area contributed by atoms with Crippen LogP contribution in [0.5, 0.6) is 5.88 Å². The predicted molar refractivity (Wildman–Crippen MR) is 61.6 cm³/mol. The number of carbonyl (C=O) groups excluding carboxylic acids is 1. The summed E-state index contributed by atoms with van der Waals surface area (Å²) in [7, 11) is 1.56. The highest BCUT2D eigenvalue weighted by atomic mass is 16.5. The molecule has 0 aliphatic rings. The summed E-state index contributed by atoms with van der Waals surface area (Å²) < 4.78 is 5.17. The van der Waals surface area contributed by atoms with Crippen molar-refractivity contribution < 1.29 is 9.53 Å². The summed E-state index contributed by atoms with van der Waals surface area (Å²) in [6.07, 6.45) is 2.27. The van der Waals surface area contributed by atoms with E-state index in [1.54, 1.807) is 13.2 Å². The Balaban J connectivity index is 2.57. The van der Waals surface area contributed by atoms with Crippen LogP contribution < -0.4 is 4.74 Å². The molecule has 0 N–H and O–H groups in total. The topological polar surface area (TPSA) is 39.2 Å². The molecular formula is C13H11NO2. The van der Waals surface area contributed by atoms with Gasteiger partial charge in [-0.1, -0.05) is 30.3 Å². The highest BCUT2D eigenvalue weighted by Gasteiger charge is 2.07. The van der Waals surface area contributed by atoms with Crippen LogP contribution in [0, 0.1) is 0 Å². The predicted octanol–water partition coefficient (Wildman–Crippen LogP) is 2.57. The zero-order valence-electron chi connectivity index (χ0n) is 8.88. The van der Waals surface area contributed by atoms with Crippen LogP contribution in [0.25, 0.3) is 11.1 Å². The number of benzene rings is 1. The van der Waals surface area contributed by atoms with Crippen molar-refractivity contribution in [3.63, 3.8) is 0 Å². The van der Waals surface area contributed by atoms with Gasteiger partial charge in [0.2, 0.25) is 5.88 Å². The summed E-state index contributed by atoms with van der Waals surface area (Å²) in [6, 6.07) is 11.5. The molecule has 0 saturated heterocycles. The maximum atomic E-state index is 10.7. The molecular weight excluding hydrogens is 202 g/mol. The van der Waals surface area contributed by atoms with Gasteiger partial charge in [-0.15, -0.1) is 0 Å². The molecule has 0 aliphatic heterocycles. The lowest BCUT2D eigenvalue weighted by atomic mass is 10.1. The second-order valence-electron chi connectivity index (χ2n) is 3.31. The summed E-state index contributed by atoms with van der Waals surface area (Å²) in [4.78, 5) is 14.8. The van der Waals surface area contributed by atoms with Gasteiger partial charge in [0.15, 0.2) is 6.29 Å². The fourth-order valence-electron chi connectivity index (χ4n) is 1.52. The number of rotatable bonds is 3. The van der Waals surface area contributed by atoms with Gasteiger partial charge >= 0.3 is 0 Å². The van der Waals surface area contributed by atoms with Crippen molar-refractivity contribution in [2.45, 2.75) is 0 Å². The summed E-state index contributed by atoms with van der Waals surface area (Å²) >= 11 is 0. The van der Waals surface area contributed by atoms with Crippen LogP contribution in [0.3, 0.4) is 0 Å². The fraction of sp³-hybridized carbons (Fsp3) is 0.0769.